The van der Waals surface area contributed by atoms with Crippen molar-refractivity contribution in [2.24, 2.45) is 9.98 Å². The summed E-state index contributed by atoms with van der Waals surface area (Å²) in [6.07, 6.45) is 2.01. The summed E-state index contributed by atoms with van der Waals surface area (Å²) in [5.74, 6) is 1.48. The van der Waals surface area contributed by atoms with Gasteiger partial charge in [0.25, 0.3) is 0 Å². The second kappa shape index (κ2) is 5.43. The summed E-state index contributed by atoms with van der Waals surface area (Å²) in [4.78, 5) is 8.99. The summed E-state index contributed by atoms with van der Waals surface area (Å²) in [6.45, 7) is 4.41. The van der Waals surface area contributed by atoms with Crippen LogP contribution < -0.4 is 0 Å². The van der Waals surface area contributed by atoms with Crippen LogP contribution in [0.25, 0.3) is 0 Å². The van der Waals surface area contributed by atoms with Crippen molar-refractivity contribution in [3.05, 3.63) is 35.4 Å². The lowest BCUT2D eigenvalue weighted by molar-refractivity contribution is 0.284. The second-order valence-corrected chi connectivity index (χ2v) is 4.78. The van der Waals surface area contributed by atoms with Gasteiger partial charge in [-0.05, 0) is 24.6 Å². The molecule has 0 radical (unpaired) electrons. The van der Waals surface area contributed by atoms with Crippen molar-refractivity contribution < 1.29 is 9.47 Å². The lowest BCUT2D eigenvalue weighted by Gasteiger charge is -2.14. The molecule has 0 spiro atoms. The van der Waals surface area contributed by atoms with E-state index in [2.05, 4.69) is 16.9 Å². The average Bonchev–Trinajstić information content (AvgIpc) is 2.97. The number of benzene rings is 1. The average molecular weight is 258 g/mol. The summed E-state index contributed by atoms with van der Waals surface area (Å²) in [5.41, 5.74) is 2.01. The molecule has 100 valence electrons. The van der Waals surface area contributed by atoms with Gasteiger partial charge in [0, 0.05) is 24.1 Å². The summed E-state index contributed by atoms with van der Waals surface area (Å²) in [6, 6.07) is 8.36. The Bertz CT molecular complexity index is 523. The van der Waals surface area contributed by atoms with E-state index in [1.807, 2.05) is 24.3 Å². The van der Waals surface area contributed by atoms with E-state index in [1.54, 1.807) is 0 Å². The van der Waals surface area contributed by atoms with Crippen molar-refractivity contribution in [1.82, 2.24) is 0 Å². The molecule has 1 unspecified atom stereocenters. The van der Waals surface area contributed by atoms with Crippen molar-refractivity contribution in [2.45, 2.75) is 25.8 Å². The Morgan fingerprint density at radius 3 is 2.74 bits per heavy atom. The van der Waals surface area contributed by atoms with Crippen molar-refractivity contribution in [3.8, 4) is 0 Å². The van der Waals surface area contributed by atoms with E-state index in [0.29, 0.717) is 12.6 Å². The molecule has 0 aromatic heterocycles. The van der Waals surface area contributed by atoms with E-state index < -0.39 is 0 Å². The normalized spacial score (nSPS) is 22.3. The lowest BCUT2D eigenvalue weighted by Crippen LogP contribution is -2.15. The monoisotopic (exact) mass is 258 g/mol. The largest absolute Gasteiger partial charge is 0.477 e. The number of aliphatic imine (C=N–C) groups is 2. The first-order valence-corrected chi connectivity index (χ1v) is 6.85. The minimum absolute atomic E-state index is 0.293. The molecule has 1 aromatic rings. The quantitative estimate of drug-likeness (QED) is 0.835. The standard InChI is InChI=1S/C15H18N2O2/c1-2-13-10-19-15(17-13)12-6-3-5-11(9-12)14-16-7-4-8-18-14/h3,5-6,9,13H,2,4,7-8,10H2,1H3. The fourth-order valence-corrected chi connectivity index (χ4v) is 2.20. The molecule has 1 atom stereocenters. The van der Waals surface area contributed by atoms with E-state index in [4.69, 9.17) is 9.47 Å². The molecule has 4 heteroatoms. The molecular formula is C15H18N2O2. The summed E-state index contributed by atoms with van der Waals surface area (Å²) < 4.78 is 11.2. The first-order chi connectivity index (χ1) is 9.36. The summed E-state index contributed by atoms with van der Waals surface area (Å²) in [7, 11) is 0. The predicted molar refractivity (Wildman–Crippen MR) is 75.0 cm³/mol. The lowest BCUT2D eigenvalue weighted by atomic mass is 10.1. The van der Waals surface area contributed by atoms with Crippen molar-refractivity contribution in [2.75, 3.05) is 19.8 Å². The molecule has 1 aromatic carbocycles. The molecule has 0 amide bonds. The Balaban J connectivity index is 1.86. The maximum absolute atomic E-state index is 5.65. The van der Waals surface area contributed by atoms with Crippen LogP contribution in [0.3, 0.4) is 0 Å². The molecule has 2 aliphatic rings. The maximum atomic E-state index is 5.65. The van der Waals surface area contributed by atoms with Gasteiger partial charge in [-0.3, -0.25) is 4.99 Å². The SMILES string of the molecule is CCC1COC(c2cccc(C3=NCCCO3)c2)=N1. The topological polar surface area (TPSA) is 43.2 Å². The van der Waals surface area contributed by atoms with Gasteiger partial charge in [-0.1, -0.05) is 13.0 Å². The van der Waals surface area contributed by atoms with E-state index in [0.717, 1.165) is 48.9 Å². The van der Waals surface area contributed by atoms with Gasteiger partial charge in [-0.2, -0.15) is 0 Å². The van der Waals surface area contributed by atoms with Gasteiger partial charge in [0.1, 0.15) is 6.61 Å². The van der Waals surface area contributed by atoms with Gasteiger partial charge >= 0.3 is 0 Å². The van der Waals surface area contributed by atoms with Crippen LogP contribution in [-0.4, -0.2) is 37.6 Å². The fourth-order valence-electron chi connectivity index (χ4n) is 2.20. The summed E-state index contributed by atoms with van der Waals surface area (Å²) >= 11 is 0. The minimum Gasteiger partial charge on any atom is -0.477 e. The van der Waals surface area contributed by atoms with Gasteiger partial charge in [0.15, 0.2) is 0 Å². The number of hydrogen-bond donors (Lipinski definition) is 0. The molecule has 4 nitrogen and oxygen atoms in total. The van der Waals surface area contributed by atoms with E-state index in [9.17, 15) is 0 Å². The molecule has 19 heavy (non-hydrogen) atoms. The smallest absolute Gasteiger partial charge is 0.216 e. The number of hydrogen-bond acceptors (Lipinski definition) is 4. The second-order valence-electron chi connectivity index (χ2n) is 4.78. The Kier molecular flexibility index (Phi) is 3.49. The van der Waals surface area contributed by atoms with Gasteiger partial charge in [0.05, 0.1) is 12.6 Å². The molecule has 2 aliphatic heterocycles. The zero-order valence-corrected chi connectivity index (χ0v) is 11.1. The zero-order valence-electron chi connectivity index (χ0n) is 11.1. The highest BCUT2D eigenvalue weighted by atomic mass is 16.5. The molecule has 0 fully saturated rings. The van der Waals surface area contributed by atoms with Crippen LogP contribution in [-0.2, 0) is 9.47 Å². The molecule has 0 saturated heterocycles. The fraction of sp³-hybridized carbons (Fsp3) is 0.467. The van der Waals surface area contributed by atoms with Gasteiger partial charge < -0.3 is 9.47 Å². The third kappa shape index (κ3) is 2.62. The first kappa shape index (κ1) is 12.2. The third-order valence-electron chi connectivity index (χ3n) is 3.34. The highest BCUT2D eigenvalue weighted by Gasteiger charge is 2.19. The highest BCUT2D eigenvalue weighted by molar-refractivity contribution is 6.00. The Morgan fingerprint density at radius 2 is 2.05 bits per heavy atom. The highest BCUT2D eigenvalue weighted by Crippen LogP contribution is 2.16. The predicted octanol–water partition coefficient (Wildman–Crippen LogP) is 2.41. The van der Waals surface area contributed by atoms with E-state index in [-0.39, 0.29) is 0 Å². The Hall–Kier alpha value is -1.84. The molecule has 3 rings (SSSR count). The van der Waals surface area contributed by atoms with Crippen LogP contribution in [0.1, 0.15) is 30.9 Å². The van der Waals surface area contributed by atoms with E-state index in [1.165, 1.54) is 0 Å². The Labute approximate surface area is 113 Å². The number of ether oxygens (including phenoxy) is 2. The van der Waals surface area contributed by atoms with E-state index >= 15 is 0 Å². The maximum Gasteiger partial charge on any atom is 0.216 e. The summed E-state index contributed by atoms with van der Waals surface area (Å²) in [5, 5.41) is 0. The molecule has 0 aliphatic carbocycles. The molecule has 0 bridgehead atoms. The van der Waals surface area contributed by atoms with Gasteiger partial charge in [0.2, 0.25) is 11.8 Å². The van der Waals surface area contributed by atoms with Gasteiger partial charge in [-0.15, -0.1) is 0 Å². The van der Waals surface area contributed by atoms with Crippen molar-refractivity contribution in [3.63, 3.8) is 0 Å². The van der Waals surface area contributed by atoms with Crippen molar-refractivity contribution >= 4 is 11.8 Å². The van der Waals surface area contributed by atoms with Crippen LogP contribution in [0, 0.1) is 0 Å². The van der Waals surface area contributed by atoms with Crippen LogP contribution >= 0.6 is 0 Å². The van der Waals surface area contributed by atoms with Crippen LogP contribution in [0.4, 0.5) is 0 Å². The first-order valence-electron chi connectivity index (χ1n) is 6.85. The van der Waals surface area contributed by atoms with Crippen LogP contribution in [0.2, 0.25) is 0 Å². The molecule has 2 heterocycles. The van der Waals surface area contributed by atoms with Crippen LogP contribution in [0.15, 0.2) is 34.3 Å². The number of nitrogens with zero attached hydrogens (tertiary/aromatic N) is 2. The molecule has 0 saturated carbocycles. The Morgan fingerprint density at radius 1 is 1.21 bits per heavy atom. The molecule has 0 N–H and O–H groups in total. The third-order valence-corrected chi connectivity index (χ3v) is 3.34. The zero-order chi connectivity index (χ0) is 13.1. The van der Waals surface area contributed by atoms with Crippen molar-refractivity contribution in [1.29, 1.82) is 0 Å². The van der Waals surface area contributed by atoms with Crippen LogP contribution in [0.5, 0.6) is 0 Å². The van der Waals surface area contributed by atoms with Gasteiger partial charge in [-0.25, -0.2) is 4.99 Å². The molecular weight excluding hydrogens is 240 g/mol. The minimum atomic E-state index is 0.293. The number of rotatable bonds is 3.